The Morgan fingerprint density at radius 1 is 0.455 bits per heavy atom. The average Bonchev–Trinajstić information content (AvgIpc) is 3.05. The fourth-order valence-corrected chi connectivity index (χ4v) is 12.4. The molecule has 0 heterocycles. The Kier molecular flexibility index (Phi) is 10.0. The van der Waals surface area contributed by atoms with Crippen LogP contribution in [0.2, 0.25) is 0 Å². The van der Waals surface area contributed by atoms with Gasteiger partial charge in [-0.2, -0.15) is 0 Å². The average molecular weight is 737 g/mol. The minimum absolute atomic E-state index is 0.0464. The second kappa shape index (κ2) is 14.1. The van der Waals surface area contributed by atoms with E-state index in [2.05, 4.69) is 201 Å². The van der Waals surface area contributed by atoms with Gasteiger partial charge in [0.25, 0.3) is 0 Å². The normalized spacial score (nSPS) is 11.7. The second-order valence-electron chi connectivity index (χ2n) is 11.7. The molecule has 0 saturated heterocycles. The maximum atomic E-state index is 2.48. The Hall–Kier alpha value is -2.74. The molecule has 0 saturated carbocycles. The Morgan fingerprint density at radius 3 is 1.20 bits per heavy atom. The van der Waals surface area contributed by atoms with Crippen LogP contribution in [0, 0.1) is 3.57 Å². The van der Waals surface area contributed by atoms with E-state index in [1.165, 1.54) is 50.8 Å². The van der Waals surface area contributed by atoms with Gasteiger partial charge in [-0.3, -0.25) is 0 Å². The molecule has 0 aromatic heterocycles. The van der Waals surface area contributed by atoms with E-state index in [4.69, 9.17) is 0 Å². The van der Waals surface area contributed by atoms with Crippen molar-refractivity contribution in [3.63, 3.8) is 0 Å². The molecule has 0 atom stereocenters. The molecule has 0 unspecified atom stereocenters. The van der Waals surface area contributed by atoms with Crippen LogP contribution >= 0.6 is 50.2 Å². The molecule has 0 aliphatic heterocycles. The minimum Gasteiger partial charge on any atom is -0.0887 e. The summed E-state index contributed by atoms with van der Waals surface area (Å²) < 4.78 is 1.26. The largest absolute Gasteiger partial charge is 0.0887 e. The summed E-state index contributed by atoms with van der Waals surface area (Å²) in [6.07, 6.45) is 0. The first-order valence-electron chi connectivity index (χ1n) is 14.8. The van der Waals surface area contributed by atoms with Gasteiger partial charge in [0.15, 0.2) is 0 Å². The van der Waals surface area contributed by atoms with Crippen LogP contribution in [0.5, 0.6) is 0 Å². The Bertz CT molecular complexity index is 1740. The van der Waals surface area contributed by atoms with E-state index >= 15 is 0 Å². The van der Waals surface area contributed by atoms with Crippen molar-refractivity contribution in [1.29, 1.82) is 0 Å². The smallest absolute Gasteiger partial charge is 0.0216 e. The van der Waals surface area contributed by atoms with Crippen molar-refractivity contribution >= 4 is 82.0 Å². The molecule has 0 nitrogen and oxygen atoms in total. The zero-order valence-electron chi connectivity index (χ0n) is 25.2. The van der Waals surface area contributed by atoms with Gasteiger partial charge in [-0.1, -0.05) is 172 Å². The summed E-state index contributed by atoms with van der Waals surface area (Å²) in [7, 11) is -1.49. The highest BCUT2D eigenvalue weighted by molar-refractivity contribution is 14.1. The lowest BCUT2D eigenvalue weighted by Gasteiger charge is -2.27. The van der Waals surface area contributed by atoms with Gasteiger partial charge in [-0.25, -0.2) is 0 Å². The number of hydrogen-bond acceptors (Lipinski definition) is 1. The van der Waals surface area contributed by atoms with Gasteiger partial charge in [0.05, 0.1) is 0 Å². The summed E-state index contributed by atoms with van der Waals surface area (Å²) >= 11 is 4.42. The maximum absolute atomic E-state index is 2.48. The molecule has 0 N–H and O–H groups in total. The molecule has 0 radical (unpaired) electrons. The van der Waals surface area contributed by atoms with Crippen LogP contribution < -0.4 is 31.8 Å². The molecule has 4 heteroatoms. The molecule has 218 valence electrons. The standard InChI is InChI=1S/C40H35IP2S/c1-40(2,3)30-24-26-36(42(32-16-8-4-9-17-32)33-18-10-5-11-19-33)38(28-30)44-39-29-31(41)25-27-37(39)43(34-20-12-6-13-21-34)35-22-14-7-15-23-35/h4-29H,1-3H3. The fourth-order valence-electron chi connectivity index (χ4n) is 5.28. The molecule has 0 aliphatic rings. The molecule has 0 spiro atoms. The van der Waals surface area contributed by atoms with Crippen molar-refractivity contribution in [3.05, 3.63) is 167 Å². The maximum Gasteiger partial charge on any atom is 0.0216 e. The van der Waals surface area contributed by atoms with Gasteiger partial charge in [0.1, 0.15) is 0 Å². The number of hydrogen-bond donors (Lipinski definition) is 0. The molecule has 6 aromatic rings. The van der Waals surface area contributed by atoms with Gasteiger partial charge in [-0.15, -0.1) is 0 Å². The number of halogens is 1. The lowest BCUT2D eigenvalue weighted by Crippen LogP contribution is -2.24. The first kappa shape index (κ1) is 31.3. The lowest BCUT2D eigenvalue weighted by atomic mass is 9.87. The highest BCUT2D eigenvalue weighted by Gasteiger charge is 2.25. The topological polar surface area (TPSA) is 0 Å². The van der Waals surface area contributed by atoms with Crippen molar-refractivity contribution in [2.75, 3.05) is 0 Å². The molecule has 6 rings (SSSR count). The van der Waals surface area contributed by atoms with E-state index in [-0.39, 0.29) is 5.41 Å². The van der Waals surface area contributed by atoms with E-state index in [0.29, 0.717) is 0 Å². The summed E-state index contributed by atoms with van der Waals surface area (Å²) in [5, 5.41) is 8.30. The van der Waals surface area contributed by atoms with Gasteiger partial charge in [0, 0.05) is 13.4 Å². The van der Waals surface area contributed by atoms with Crippen LogP contribution in [0.4, 0.5) is 0 Å². The molecule has 44 heavy (non-hydrogen) atoms. The van der Waals surface area contributed by atoms with E-state index in [9.17, 15) is 0 Å². The Morgan fingerprint density at radius 2 is 0.818 bits per heavy atom. The SMILES string of the molecule is CC(C)(C)c1ccc(P(c2ccccc2)c2ccccc2)c(Sc2cc(I)ccc2P(c2ccccc2)c2ccccc2)c1. The van der Waals surface area contributed by atoms with Crippen LogP contribution in [0.15, 0.2) is 168 Å². The highest BCUT2D eigenvalue weighted by Crippen LogP contribution is 2.43. The van der Waals surface area contributed by atoms with Crippen molar-refractivity contribution in [2.24, 2.45) is 0 Å². The quantitative estimate of drug-likeness (QED) is 0.111. The van der Waals surface area contributed by atoms with Crippen molar-refractivity contribution in [3.8, 4) is 0 Å². The van der Waals surface area contributed by atoms with Crippen molar-refractivity contribution < 1.29 is 0 Å². The summed E-state index contributed by atoms with van der Waals surface area (Å²) in [5.41, 5.74) is 1.41. The molecule has 0 fully saturated rings. The molecule has 6 aromatic carbocycles. The van der Waals surface area contributed by atoms with Crippen LogP contribution in [0.25, 0.3) is 0 Å². The Balaban J connectivity index is 1.55. The third kappa shape index (κ3) is 7.21. The minimum atomic E-state index is -0.749. The first-order chi connectivity index (χ1) is 21.4. The van der Waals surface area contributed by atoms with E-state index in [1.807, 2.05) is 11.8 Å². The third-order valence-electron chi connectivity index (χ3n) is 7.51. The van der Waals surface area contributed by atoms with Crippen molar-refractivity contribution in [2.45, 2.75) is 36.0 Å². The van der Waals surface area contributed by atoms with Crippen LogP contribution in [0.3, 0.4) is 0 Å². The van der Waals surface area contributed by atoms with E-state index < -0.39 is 15.8 Å². The fraction of sp³-hybridized carbons (Fsp3) is 0.100. The number of rotatable bonds is 8. The first-order valence-corrected chi connectivity index (χ1v) is 19.4. The predicted molar refractivity (Wildman–Crippen MR) is 206 cm³/mol. The third-order valence-corrected chi connectivity index (χ3v) is 14.6. The van der Waals surface area contributed by atoms with Crippen LogP contribution in [0.1, 0.15) is 26.3 Å². The van der Waals surface area contributed by atoms with Gasteiger partial charge >= 0.3 is 0 Å². The molecule has 0 aliphatic carbocycles. The Labute approximate surface area is 283 Å². The van der Waals surface area contributed by atoms with Crippen LogP contribution in [-0.4, -0.2) is 0 Å². The monoisotopic (exact) mass is 736 g/mol. The lowest BCUT2D eigenvalue weighted by molar-refractivity contribution is 0.589. The summed E-state index contributed by atoms with van der Waals surface area (Å²) in [4.78, 5) is 2.68. The second-order valence-corrected chi connectivity index (χ2v) is 18.4. The highest BCUT2D eigenvalue weighted by atomic mass is 127. The predicted octanol–water partition coefficient (Wildman–Crippen LogP) is 9.26. The zero-order chi connectivity index (χ0) is 30.5. The van der Waals surface area contributed by atoms with Crippen molar-refractivity contribution in [1.82, 2.24) is 0 Å². The van der Waals surface area contributed by atoms with Gasteiger partial charge in [0.2, 0.25) is 0 Å². The molecular formula is C40H35IP2S. The summed E-state index contributed by atoms with van der Waals surface area (Å²) in [6, 6.07) is 58.5. The molecule has 0 bridgehead atoms. The number of benzene rings is 6. The zero-order valence-corrected chi connectivity index (χ0v) is 30.0. The summed E-state index contributed by atoms with van der Waals surface area (Å²) in [6.45, 7) is 6.94. The van der Waals surface area contributed by atoms with Gasteiger partial charge in [-0.05, 0) is 99.4 Å². The van der Waals surface area contributed by atoms with Gasteiger partial charge < -0.3 is 0 Å². The van der Waals surface area contributed by atoms with Crippen LogP contribution in [-0.2, 0) is 5.41 Å². The van der Waals surface area contributed by atoms with E-state index in [0.717, 1.165) is 0 Å². The molecular weight excluding hydrogens is 701 g/mol. The van der Waals surface area contributed by atoms with E-state index in [1.54, 1.807) is 0 Å². The summed E-state index contributed by atoms with van der Waals surface area (Å²) in [5.74, 6) is 0. The molecule has 0 amide bonds.